The van der Waals surface area contributed by atoms with Crippen LogP contribution in [0.4, 0.5) is 5.69 Å². The van der Waals surface area contributed by atoms with Crippen LogP contribution in [0.3, 0.4) is 0 Å². The lowest BCUT2D eigenvalue weighted by atomic mass is 10.1. The topological polar surface area (TPSA) is 67.4 Å². The van der Waals surface area contributed by atoms with E-state index in [1.807, 2.05) is 31.2 Å². The molecule has 0 aliphatic heterocycles. The van der Waals surface area contributed by atoms with Crippen molar-refractivity contribution in [2.45, 2.75) is 13.5 Å². The fourth-order valence-corrected chi connectivity index (χ4v) is 1.90. The van der Waals surface area contributed by atoms with Gasteiger partial charge in [-0.05, 0) is 24.6 Å². The molecule has 0 aliphatic rings. The van der Waals surface area contributed by atoms with E-state index in [4.69, 9.17) is 4.74 Å². The first-order chi connectivity index (χ1) is 10.6. The van der Waals surface area contributed by atoms with E-state index in [2.05, 4.69) is 10.6 Å². The van der Waals surface area contributed by atoms with Crippen molar-refractivity contribution in [2.75, 3.05) is 12.4 Å². The number of benzene rings is 2. The molecule has 0 radical (unpaired) electrons. The van der Waals surface area contributed by atoms with E-state index in [1.165, 1.54) is 7.11 Å². The van der Waals surface area contributed by atoms with Crippen molar-refractivity contribution in [3.63, 3.8) is 0 Å². The number of carbonyl (C=O) groups excluding carboxylic acids is 2. The molecule has 5 heteroatoms. The van der Waals surface area contributed by atoms with E-state index < -0.39 is 11.8 Å². The largest absolute Gasteiger partial charge is 0.495 e. The third kappa shape index (κ3) is 4.09. The molecule has 0 spiro atoms. The van der Waals surface area contributed by atoms with Gasteiger partial charge in [0.2, 0.25) is 0 Å². The van der Waals surface area contributed by atoms with Crippen molar-refractivity contribution in [3.05, 3.63) is 59.7 Å². The molecule has 2 N–H and O–H groups in total. The first-order valence-electron chi connectivity index (χ1n) is 6.88. The van der Waals surface area contributed by atoms with Gasteiger partial charge < -0.3 is 15.4 Å². The minimum Gasteiger partial charge on any atom is -0.495 e. The molecule has 22 heavy (non-hydrogen) atoms. The Balaban J connectivity index is 1.92. The summed E-state index contributed by atoms with van der Waals surface area (Å²) in [7, 11) is 1.50. The van der Waals surface area contributed by atoms with Crippen molar-refractivity contribution < 1.29 is 14.3 Å². The summed E-state index contributed by atoms with van der Waals surface area (Å²) in [6, 6.07) is 14.6. The van der Waals surface area contributed by atoms with Gasteiger partial charge in [0.15, 0.2) is 0 Å². The fourth-order valence-electron chi connectivity index (χ4n) is 1.90. The van der Waals surface area contributed by atoms with Crippen LogP contribution in [0.15, 0.2) is 48.5 Å². The molecule has 2 aromatic carbocycles. The Morgan fingerprint density at radius 1 is 1.00 bits per heavy atom. The second-order valence-corrected chi connectivity index (χ2v) is 4.82. The van der Waals surface area contributed by atoms with Gasteiger partial charge in [-0.2, -0.15) is 0 Å². The van der Waals surface area contributed by atoms with Gasteiger partial charge in [-0.3, -0.25) is 9.59 Å². The van der Waals surface area contributed by atoms with Gasteiger partial charge >= 0.3 is 11.8 Å². The van der Waals surface area contributed by atoms with Gasteiger partial charge in [0.1, 0.15) is 5.75 Å². The van der Waals surface area contributed by atoms with Gasteiger partial charge in [-0.1, -0.05) is 42.0 Å². The summed E-state index contributed by atoms with van der Waals surface area (Å²) in [6.07, 6.45) is 0. The summed E-state index contributed by atoms with van der Waals surface area (Å²) in [4.78, 5) is 23.7. The molecule has 0 aromatic heterocycles. The number of hydrogen-bond donors (Lipinski definition) is 2. The molecule has 0 saturated carbocycles. The molecule has 0 atom stereocenters. The number of anilines is 1. The molecule has 2 aromatic rings. The molecule has 2 rings (SSSR count). The second kappa shape index (κ2) is 7.26. The van der Waals surface area contributed by atoms with Crippen molar-refractivity contribution >= 4 is 17.5 Å². The molecule has 0 heterocycles. The summed E-state index contributed by atoms with van der Waals surface area (Å²) in [6.45, 7) is 2.29. The molecule has 0 saturated heterocycles. The summed E-state index contributed by atoms with van der Waals surface area (Å²) in [5, 5.41) is 5.11. The summed E-state index contributed by atoms with van der Waals surface area (Å²) < 4.78 is 5.12. The number of hydrogen-bond acceptors (Lipinski definition) is 3. The van der Waals surface area contributed by atoms with E-state index in [0.29, 0.717) is 18.0 Å². The van der Waals surface area contributed by atoms with Crippen LogP contribution in [-0.2, 0) is 16.1 Å². The molecule has 114 valence electrons. The van der Waals surface area contributed by atoms with Gasteiger partial charge in [0.25, 0.3) is 0 Å². The Morgan fingerprint density at radius 3 is 2.36 bits per heavy atom. The first-order valence-corrected chi connectivity index (χ1v) is 6.88. The smallest absolute Gasteiger partial charge is 0.313 e. The summed E-state index contributed by atoms with van der Waals surface area (Å²) in [5.41, 5.74) is 2.54. The molecule has 5 nitrogen and oxygen atoms in total. The molecule has 0 bridgehead atoms. The van der Waals surface area contributed by atoms with Crippen LogP contribution in [0.1, 0.15) is 11.1 Å². The maximum absolute atomic E-state index is 11.9. The minimum absolute atomic E-state index is 0.304. The molecular formula is C17H18N2O3. The van der Waals surface area contributed by atoms with Gasteiger partial charge in [0, 0.05) is 6.54 Å². The number of aryl methyl sites for hydroxylation is 1. The van der Waals surface area contributed by atoms with E-state index in [1.54, 1.807) is 24.3 Å². The van der Waals surface area contributed by atoms with Crippen LogP contribution in [0.5, 0.6) is 5.75 Å². The highest BCUT2D eigenvalue weighted by Gasteiger charge is 2.15. The van der Waals surface area contributed by atoms with Crippen LogP contribution < -0.4 is 15.4 Å². The number of methoxy groups -OCH3 is 1. The Labute approximate surface area is 129 Å². The lowest BCUT2D eigenvalue weighted by molar-refractivity contribution is -0.136. The average molecular weight is 298 g/mol. The lowest BCUT2D eigenvalue weighted by Gasteiger charge is -2.10. The molecule has 2 amide bonds. The van der Waals surface area contributed by atoms with E-state index in [9.17, 15) is 9.59 Å². The van der Waals surface area contributed by atoms with Gasteiger partial charge in [0.05, 0.1) is 12.8 Å². The Morgan fingerprint density at radius 2 is 1.68 bits per heavy atom. The monoisotopic (exact) mass is 298 g/mol. The Hall–Kier alpha value is -2.82. The normalized spacial score (nSPS) is 9.91. The zero-order chi connectivity index (χ0) is 15.9. The van der Waals surface area contributed by atoms with Crippen LogP contribution in [0.2, 0.25) is 0 Å². The fraction of sp³-hybridized carbons (Fsp3) is 0.176. The highest BCUT2D eigenvalue weighted by Crippen LogP contribution is 2.22. The highest BCUT2D eigenvalue weighted by molar-refractivity contribution is 6.39. The number of nitrogens with one attached hydrogen (secondary N) is 2. The van der Waals surface area contributed by atoms with Gasteiger partial charge in [-0.15, -0.1) is 0 Å². The van der Waals surface area contributed by atoms with Crippen LogP contribution in [-0.4, -0.2) is 18.9 Å². The standard InChI is InChI=1S/C17H18N2O3/c1-12-7-9-13(10-8-12)11-18-16(20)17(21)19-14-5-3-4-6-15(14)22-2/h3-10H,11H2,1-2H3,(H,18,20)(H,19,21). The van der Waals surface area contributed by atoms with Crippen molar-refractivity contribution in [1.82, 2.24) is 5.32 Å². The zero-order valence-corrected chi connectivity index (χ0v) is 12.6. The van der Waals surface area contributed by atoms with E-state index in [-0.39, 0.29) is 0 Å². The number of rotatable bonds is 4. The number of ether oxygens (including phenoxy) is 1. The van der Waals surface area contributed by atoms with Crippen molar-refractivity contribution in [3.8, 4) is 5.75 Å². The molecule has 0 aliphatic carbocycles. The summed E-state index contributed by atoms with van der Waals surface area (Å²) >= 11 is 0. The second-order valence-electron chi connectivity index (χ2n) is 4.82. The maximum Gasteiger partial charge on any atom is 0.313 e. The van der Waals surface area contributed by atoms with Crippen LogP contribution in [0.25, 0.3) is 0 Å². The predicted molar refractivity (Wildman–Crippen MR) is 84.6 cm³/mol. The molecular weight excluding hydrogens is 280 g/mol. The quantitative estimate of drug-likeness (QED) is 0.851. The SMILES string of the molecule is COc1ccccc1NC(=O)C(=O)NCc1ccc(C)cc1. The Kier molecular flexibility index (Phi) is 5.14. The van der Waals surface area contributed by atoms with Crippen LogP contribution >= 0.6 is 0 Å². The van der Waals surface area contributed by atoms with E-state index >= 15 is 0 Å². The molecule has 0 unspecified atom stereocenters. The summed E-state index contributed by atoms with van der Waals surface area (Å²) in [5.74, 6) is -0.912. The van der Waals surface area contributed by atoms with Gasteiger partial charge in [-0.25, -0.2) is 0 Å². The van der Waals surface area contributed by atoms with Crippen molar-refractivity contribution in [1.29, 1.82) is 0 Å². The third-order valence-corrected chi connectivity index (χ3v) is 3.14. The maximum atomic E-state index is 11.9. The lowest BCUT2D eigenvalue weighted by Crippen LogP contribution is -2.35. The Bertz CT molecular complexity index is 666. The zero-order valence-electron chi connectivity index (χ0n) is 12.6. The predicted octanol–water partition coefficient (Wildman–Crippen LogP) is 2.26. The third-order valence-electron chi connectivity index (χ3n) is 3.14. The van der Waals surface area contributed by atoms with Crippen LogP contribution in [0, 0.1) is 6.92 Å². The number of amides is 2. The van der Waals surface area contributed by atoms with Crippen molar-refractivity contribution in [2.24, 2.45) is 0 Å². The average Bonchev–Trinajstić information content (AvgIpc) is 2.54. The first kappa shape index (κ1) is 15.6. The number of para-hydroxylation sites is 2. The molecule has 0 fully saturated rings. The highest BCUT2D eigenvalue weighted by atomic mass is 16.5. The van der Waals surface area contributed by atoms with E-state index in [0.717, 1.165) is 11.1 Å². The number of carbonyl (C=O) groups is 2. The minimum atomic E-state index is -0.725.